The highest BCUT2D eigenvalue weighted by Crippen LogP contribution is 2.38. The van der Waals surface area contributed by atoms with Crippen molar-refractivity contribution in [3.8, 4) is 5.75 Å². The fourth-order valence-electron chi connectivity index (χ4n) is 2.72. The van der Waals surface area contributed by atoms with Gasteiger partial charge in [0.2, 0.25) is 0 Å². The molecule has 16 heavy (non-hydrogen) atoms. The first-order valence-electron chi connectivity index (χ1n) is 5.89. The number of ether oxygens (including phenoxy) is 1. The van der Waals surface area contributed by atoms with Gasteiger partial charge in [-0.3, -0.25) is 0 Å². The van der Waals surface area contributed by atoms with Crippen LogP contribution in [0.1, 0.15) is 42.0 Å². The summed E-state index contributed by atoms with van der Waals surface area (Å²) in [7, 11) is 0. The molecule has 0 saturated carbocycles. The van der Waals surface area contributed by atoms with Gasteiger partial charge in [0, 0.05) is 18.0 Å². The van der Waals surface area contributed by atoms with Crippen molar-refractivity contribution in [2.24, 2.45) is 5.73 Å². The molecule has 0 bridgehead atoms. The minimum atomic E-state index is 0. The second kappa shape index (κ2) is 4.64. The SMILES string of the molecule is Cl.N[C@H]1CCOc2c1ccc1c2CCCC1. The summed E-state index contributed by atoms with van der Waals surface area (Å²) < 4.78 is 5.81. The molecule has 0 unspecified atom stereocenters. The van der Waals surface area contributed by atoms with E-state index >= 15 is 0 Å². The minimum absolute atomic E-state index is 0. The summed E-state index contributed by atoms with van der Waals surface area (Å²) in [4.78, 5) is 0. The molecule has 0 spiro atoms. The van der Waals surface area contributed by atoms with Gasteiger partial charge in [0.25, 0.3) is 0 Å². The molecule has 1 aliphatic heterocycles. The van der Waals surface area contributed by atoms with Gasteiger partial charge in [0.05, 0.1) is 6.61 Å². The number of fused-ring (bicyclic) bond motifs is 3. The van der Waals surface area contributed by atoms with E-state index in [0.717, 1.165) is 18.8 Å². The van der Waals surface area contributed by atoms with Gasteiger partial charge >= 0.3 is 0 Å². The first-order chi connectivity index (χ1) is 7.36. The number of hydrogen-bond acceptors (Lipinski definition) is 2. The number of hydrogen-bond donors (Lipinski definition) is 1. The van der Waals surface area contributed by atoms with E-state index in [1.165, 1.54) is 42.4 Å². The lowest BCUT2D eigenvalue weighted by molar-refractivity contribution is 0.265. The van der Waals surface area contributed by atoms with Gasteiger partial charge in [-0.25, -0.2) is 0 Å². The van der Waals surface area contributed by atoms with Gasteiger partial charge in [0.1, 0.15) is 5.75 Å². The van der Waals surface area contributed by atoms with Gasteiger partial charge in [-0.1, -0.05) is 12.1 Å². The van der Waals surface area contributed by atoms with Crippen LogP contribution in [0.3, 0.4) is 0 Å². The molecule has 2 nitrogen and oxygen atoms in total. The van der Waals surface area contributed by atoms with E-state index in [2.05, 4.69) is 12.1 Å². The van der Waals surface area contributed by atoms with Crippen molar-refractivity contribution in [1.82, 2.24) is 0 Å². The maximum Gasteiger partial charge on any atom is 0.127 e. The van der Waals surface area contributed by atoms with Gasteiger partial charge in [-0.05, 0) is 36.8 Å². The Morgan fingerprint density at radius 3 is 2.88 bits per heavy atom. The van der Waals surface area contributed by atoms with E-state index in [9.17, 15) is 0 Å². The summed E-state index contributed by atoms with van der Waals surface area (Å²) in [6.07, 6.45) is 5.94. The van der Waals surface area contributed by atoms with Crippen LogP contribution in [0.25, 0.3) is 0 Å². The molecule has 3 rings (SSSR count). The van der Waals surface area contributed by atoms with Crippen molar-refractivity contribution < 1.29 is 4.74 Å². The molecule has 0 saturated heterocycles. The predicted molar refractivity (Wildman–Crippen MR) is 67.4 cm³/mol. The zero-order valence-electron chi connectivity index (χ0n) is 9.37. The van der Waals surface area contributed by atoms with Crippen LogP contribution in [0.15, 0.2) is 12.1 Å². The molecule has 1 aromatic rings. The lowest BCUT2D eigenvalue weighted by Crippen LogP contribution is -2.22. The Labute approximate surface area is 103 Å². The molecule has 2 aliphatic rings. The maximum absolute atomic E-state index is 6.10. The van der Waals surface area contributed by atoms with Crippen LogP contribution in [0, 0.1) is 0 Å². The highest BCUT2D eigenvalue weighted by molar-refractivity contribution is 5.85. The van der Waals surface area contributed by atoms with Crippen LogP contribution in [-0.4, -0.2) is 6.61 Å². The molecule has 1 heterocycles. The number of benzene rings is 1. The molecule has 0 aromatic heterocycles. The first-order valence-corrected chi connectivity index (χ1v) is 5.89. The summed E-state index contributed by atoms with van der Waals surface area (Å²) in [5, 5.41) is 0. The smallest absolute Gasteiger partial charge is 0.127 e. The predicted octanol–water partition coefficient (Wildman–Crippen LogP) is 2.77. The average molecular weight is 240 g/mol. The average Bonchev–Trinajstić information content (AvgIpc) is 2.29. The second-order valence-corrected chi connectivity index (χ2v) is 4.57. The summed E-state index contributed by atoms with van der Waals surface area (Å²) >= 11 is 0. The molecular formula is C13H18ClNO. The molecule has 1 aliphatic carbocycles. The van der Waals surface area contributed by atoms with Crippen LogP contribution in [0.5, 0.6) is 5.75 Å². The summed E-state index contributed by atoms with van der Waals surface area (Å²) in [6.45, 7) is 0.782. The third-order valence-electron chi connectivity index (χ3n) is 3.59. The largest absolute Gasteiger partial charge is 0.493 e. The number of rotatable bonds is 0. The normalized spacial score (nSPS) is 22.4. The van der Waals surface area contributed by atoms with Crippen molar-refractivity contribution in [3.63, 3.8) is 0 Å². The lowest BCUT2D eigenvalue weighted by atomic mass is 9.87. The van der Waals surface area contributed by atoms with E-state index in [-0.39, 0.29) is 18.4 Å². The van der Waals surface area contributed by atoms with Crippen LogP contribution < -0.4 is 10.5 Å². The zero-order valence-corrected chi connectivity index (χ0v) is 10.2. The summed E-state index contributed by atoms with van der Waals surface area (Å²) in [5.41, 5.74) is 10.2. The van der Waals surface area contributed by atoms with Gasteiger partial charge < -0.3 is 10.5 Å². The lowest BCUT2D eigenvalue weighted by Gasteiger charge is -2.28. The van der Waals surface area contributed by atoms with Crippen LogP contribution in [0.2, 0.25) is 0 Å². The summed E-state index contributed by atoms with van der Waals surface area (Å²) in [6, 6.07) is 4.60. The second-order valence-electron chi connectivity index (χ2n) is 4.57. The Balaban J connectivity index is 0.000000963. The van der Waals surface area contributed by atoms with Crippen molar-refractivity contribution in [2.75, 3.05) is 6.61 Å². The zero-order chi connectivity index (χ0) is 10.3. The van der Waals surface area contributed by atoms with E-state index < -0.39 is 0 Å². The minimum Gasteiger partial charge on any atom is -0.493 e. The van der Waals surface area contributed by atoms with Gasteiger partial charge in [-0.2, -0.15) is 0 Å². The third-order valence-corrected chi connectivity index (χ3v) is 3.59. The quantitative estimate of drug-likeness (QED) is 0.756. The van der Waals surface area contributed by atoms with E-state index in [4.69, 9.17) is 10.5 Å². The van der Waals surface area contributed by atoms with Crippen LogP contribution in [0.4, 0.5) is 0 Å². The topological polar surface area (TPSA) is 35.2 Å². The van der Waals surface area contributed by atoms with Crippen molar-refractivity contribution >= 4 is 12.4 Å². The Hall–Kier alpha value is -0.730. The van der Waals surface area contributed by atoms with E-state index in [1.807, 2.05) is 0 Å². The number of halogens is 1. The van der Waals surface area contributed by atoms with Crippen molar-refractivity contribution in [3.05, 3.63) is 28.8 Å². The van der Waals surface area contributed by atoms with Crippen LogP contribution in [-0.2, 0) is 12.8 Å². The monoisotopic (exact) mass is 239 g/mol. The third kappa shape index (κ3) is 1.80. The fraction of sp³-hybridized carbons (Fsp3) is 0.538. The van der Waals surface area contributed by atoms with E-state index in [0.29, 0.717) is 0 Å². The molecular weight excluding hydrogens is 222 g/mol. The molecule has 0 amide bonds. The van der Waals surface area contributed by atoms with Crippen LogP contribution >= 0.6 is 12.4 Å². The molecule has 1 aromatic carbocycles. The Kier molecular flexibility index (Phi) is 3.41. The number of aryl methyl sites for hydroxylation is 1. The van der Waals surface area contributed by atoms with E-state index in [1.54, 1.807) is 0 Å². The molecule has 0 fully saturated rings. The first kappa shape index (κ1) is 11.7. The van der Waals surface area contributed by atoms with Gasteiger partial charge in [-0.15, -0.1) is 12.4 Å². The highest BCUT2D eigenvalue weighted by atomic mass is 35.5. The standard InChI is InChI=1S/C13H17NO.ClH/c14-12-7-8-15-13-10-4-2-1-3-9(10)5-6-11(12)13;/h5-6,12H,1-4,7-8,14H2;1H/t12-;/m0./s1. The Bertz CT molecular complexity index is 392. The maximum atomic E-state index is 6.10. The fourth-order valence-corrected chi connectivity index (χ4v) is 2.72. The molecule has 0 radical (unpaired) electrons. The summed E-state index contributed by atoms with van der Waals surface area (Å²) in [5.74, 6) is 1.12. The number of nitrogens with two attached hydrogens (primary N) is 1. The van der Waals surface area contributed by atoms with Gasteiger partial charge in [0.15, 0.2) is 0 Å². The van der Waals surface area contributed by atoms with Crippen molar-refractivity contribution in [2.45, 2.75) is 38.1 Å². The molecule has 1 atom stereocenters. The Morgan fingerprint density at radius 1 is 1.19 bits per heavy atom. The molecule has 3 heteroatoms. The molecule has 2 N–H and O–H groups in total. The Morgan fingerprint density at radius 2 is 2.00 bits per heavy atom. The molecule has 88 valence electrons. The van der Waals surface area contributed by atoms with Crippen molar-refractivity contribution in [1.29, 1.82) is 0 Å². The highest BCUT2D eigenvalue weighted by Gasteiger charge is 2.23.